The summed E-state index contributed by atoms with van der Waals surface area (Å²) in [5.74, 6) is 0.877. The second kappa shape index (κ2) is 6.39. The number of ether oxygens (including phenoxy) is 3. The molecule has 6 heteroatoms. The number of piperidine rings is 1. The Balaban J connectivity index is 1.94. The molecule has 1 N–H and O–H groups in total. The minimum atomic E-state index is 0.290. The minimum Gasteiger partial charge on any atom is -0.481 e. The topological polar surface area (TPSA) is 65.5 Å². The highest BCUT2D eigenvalue weighted by atomic mass is 16.5. The first kappa shape index (κ1) is 12.9. The maximum absolute atomic E-state index is 5.59. The first-order valence-corrected chi connectivity index (χ1v) is 6.15. The van der Waals surface area contributed by atoms with Crippen LogP contribution in [0.4, 0.5) is 0 Å². The van der Waals surface area contributed by atoms with Crippen molar-refractivity contribution < 1.29 is 14.2 Å². The molecule has 0 spiro atoms. The molecule has 1 unspecified atom stereocenters. The molecule has 1 aromatic rings. The maximum atomic E-state index is 5.59. The Hall–Kier alpha value is -1.56. The summed E-state index contributed by atoms with van der Waals surface area (Å²) in [6, 6.07) is 2.28. The van der Waals surface area contributed by atoms with Gasteiger partial charge in [-0.2, -0.15) is 9.97 Å². The van der Waals surface area contributed by atoms with Crippen LogP contribution in [0, 0.1) is 0 Å². The minimum absolute atomic E-state index is 0.290. The largest absolute Gasteiger partial charge is 0.481 e. The lowest BCUT2D eigenvalue weighted by Gasteiger charge is -2.22. The molecule has 1 aromatic heterocycles. The SMILES string of the molecule is COc1cc(OC)nc(OCC2CCCCN2)n1. The Morgan fingerprint density at radius 1 is 1.22 bits per heavy atom. The zero-order chi connectivity index (χ0) is 12.8. The molecule has 1 fully saturated rings. The van der Waals surface area contributed by atoms with Gasteiger partial charge in [-0.1, -0.05) is 6.42 Å². The molecule has 6 nitrogen and oxygen atoms in total. The third-order valence-electron chi connectivity index (χ3n) is 2.90. The molecule has 0 radical (unpaired) electrons. The molecule has 0 amide bonds. The summed E-state index contributed by atoms with van der Waals surface area (Å²) in [4.78, 5) is 8.24. The Kier molecular flexibility index (Phi) is 4.58. The van der Waals surface area contributed by atoms with E-state index in [9.17, 15) is 0 Å². The Morgan fingerprint density at radius 2 is 1.94 bits per heavy atom. The van der Waals surface area contributed by atoms with Crippen LogP contribution in [0.15, 0.2) is 6.07 Å². The summed E-state index contributed by atoms with van der Waals surface area (Å²) in [6.45, 7) is 1.62. The van der Waals surface area contributed by atoms with Crippen LogP contribution >= 0.6 is 0 Å². The lowest BCUT2D eigenvalue weighted by molar-refractivity contribution is 0.218. The zero-order valence-electron chi connectivity index (χ0n) is 10.8. The number of hydrogen-bond donors (Lipinski definition) is 1. The fourth-order valence-electron chi connectivity index (χ4n) is 1.90. The quantitative estimate of drug-likeness (QED) is 0.845. The van der Waals surface area contributed by atoms with E-state index in [1.165, 1.54) is 12.8 Å². The van der Waals surface area contributed by atoms with E-state index in [0.717, 1.165) is 13.0 Å². The highest BCUT2D eigenvalue weighted by Gasteiger charge is 2.14. The van der Waals surface area contributed by atoms with Gasteiger partial charge < -0.3 is 19.5 Å². The monoisotopic (exact) mass is 253 g/mol. The van der Waals surface area contributed by atoms with Crippen molar-refractivity contribution >= 4 is 0 Å². The highest BCUT2D eigenvalue weighted by Crippen LogP contribution is 2.19. The predicted octanol–water partition coefficient (Wildman–Crippen LogP) is 1.01. The molecule has 1 aliphatic heterocycles. The molecule has 100 valence electrons. The van der Waals surface area contributed by atoms with Crippen molar-refractivity contribution in [3.63, 3.8) is 0 Å². The molecule has 0 bridgehead atoms. The van der Waals surface area contributed by atoms with E-state index < -0.39 is 0 Å². The average molecular weight is 253 g/mol. The van der Waals surface area contributed by atoms with Gasteiger partial charge in [-0.3, -0.25) is 0 Å². The standard InChI is InChI=1S/C12H19N3O3/c1-16-10-7-11(17-2)15-12(14-10)18-8-9-5-3-4-6-13-9/h7,9,13H,3-6,8H2,1-2H3. The number of nitrogens with zero attached hydrogens (tertiary/aromatic N) is 2. The number of nitrogens with one attached hydrogen (secondary N) is 1. The fraction of sp³-hybridized carbons (Fsp3) is 0.667. The van der Waals surface area contributed by atoms with E-state index >= 15 is 0 Å². The van der Waals surface area contributed by atoms with Crippen LogP contribution in [-0.2, 0) is 0 Å². The summed E-state index contributed by atoms with van der Waals surface area (Å²) < 4.78 is 15.7. The second-order valence-corrected chi connectivity index (χ2v) is 4.19. The average Bonchev–Trinajstić information content (AvgIpc) is 2.45. The molecule has 18 heavy (non-hydrogen) atoms. The first-order valence-electron chi connectivity index (χ1n) is 6.15. The molecular formula is C12H19N3O3. The zero-order valence-corrected chi connectivity index (χ0v) is 10.8. The number of hydrogen-bond acceptors (Lipinski definition) is 6. The molecule has 1 saturated heterocycles. The van der Waals surface area contributed by atoms with E-state index in [4.69, 9.17) is 14.2 Å². The van der Waals surface area contributed by atoms with Gasteiger partial charge in [0.15, 0.2) is 0 Å². The first-order chi connectivity index (χ1) is 8.81. The summed E-state index contributed by atoms with van der Waals surface area (Å²) in [5, 5.41) is 3.40. The van der Waals surface area contributed by atoms with E-state index in [0.29, 0.717) is 30.4 Å². The van der Waals surface area contributed by atoms with Gasteiger partial charge in [0, 0.05) is 6.04 Å². The number of methoxy groups -OCH3 is 2. The van der Waals surface area contributed by atoms with Crippen molar-refractivity contribution in [2.75, 3.05) is 27.4 Å². The fourth-order valence-corrected chi connectivity index (χ4v) is 1.90. The molecule has 0 aromatic carbocycles. The molecule has 2 heterocycles. The van der Waals surface area contributed by atoms with Crippen LogP contribution in [0.2, 0.25) is 0 Å². The van der Waals surface area contributed by atoms with E-state index in [1.807, 2.05) is 0 Å². The molecular weight excluding hydrogens is 234 g/mol. The smallest absolute Gasteiger partial charge is 0.323 e. The van der Waals surface area contributed by atoms with Crippen LogP contribution in [0.3, 0.4) is 0 Å². The van der Waals surface area contributed by atoms with Crippen molar-refractivity contribution in [1.29, 1.82) is 0 Å². The normalized spacial score (nSPS) is 19.3. The van der Waals surface area contributed by atoms with Crippen molar-refractivity contribution in [3.05, 3.63) is 6.07 Å². The molecule has 1 atom stereocenters. The number of aromatic nitrogens is 2. The number of rotatable bonds is 5. The summed E-state index contributed by atoms with van der Waals surface area (Å²) in [7, 11) is 3.10. The third-order valence-corrected chi connectivity index (χ3v) is 2.90. The van der Waals surface area contributed by atoms with Gasteiger partial charge in [-0.25, -0.2) is 0 Å². The van der Waals surface area contributed by atoms with Crippen molar-refractivity contribution in [3.8, 4) is 17.8 Å². The summed E-state index contributed by atoms with van der Waals surface area (Å²) >= 11 is 0. The Morgan fingerprint density at radius 3 is 2.50 bits per heavy atom. The van der Waals surface area contributed by atoms with Gasteiger partial charge in [0.05, 0.1) is 20.3 Å². The molecule has 1 aliphatic rings. The van der Waals surface area contributed by atoms with Crippen LogP contribution in [0.25, 0.3) is 0 Å². The van der Waals surface area contributed by atoms with Crippen LogP contribution in [-0.4, -0.2) is 43.4 Å². The van der Waals surface area contributed by atoms with E-state index in [-0.39, 0.29) is 0 Å². The van der Waals surface area contributed by atoms with E-state index in [2.05, 4.69) is 15.3 Å². The van der Waals surface area contributed by atoms with Gasteiger partial charge in [-0.15, -0.1) is 0 Å². The van der Waals surface area contributed by atoms with Crippen molar-refractivity contribution in [1.82, 2.24) is 15.3 Å². The Labute approximate surface area is 107 Å². The van der Waals surface area contributed by atoms with Crippen LogP contribution in [0.5, 0.6) is 17.8 Å². The third kappa shape index (κ3) is 3.46. The van der Waals surface area contributed by atoms with Gasteiger partial charge in [0.25, 0.3) is 0 Å². The van der Waals surface area contributed by atoms with Gasteiger partial charge in [-0.05, 0) is 19.4 Å². The van der Waals surface area contributed by atoms with Crippen molar-refractivity contribution in [2.24, 2.45) is 0 Å². The predicted molar refractivity (Wildman–Crippen MR) is 66.3 cm³/mol. The van der Waals surface area contributed by atoms with Crippen LogP contribution in [0.1, 0.15) is 19.3 Å². The van der Waals surface area contributed by atoms with E-state index in [1.54, 1.807) is 20.3 Å². The van der Waals surface area contributed by atoms with Gasteiger partial charge in [0.2, 0.25) is 11.8 Å². The summed E-state index contributed by atoms with van der Waals surface area (Å²) in [5.41, 5.74) is 0. The Bertz CT molecular complexity index is 359. The van der Waals surface area contributed by atoms with Gasteiger partial charge in [0.1, 0.15) is 6.61 Å². The van der Waals surface area contributed by atoms with Crippen LogP contribution < -0.4 is 19.5 Å². The molecule has 0 aliphatic carbocycles. The molecule has 2 rings (SSSR count). The van der Waals surface area contributed by atoms with Gasteiger partial charge >= 0.3 is 6.01 Å². The second-order valence-electron chi connectivity index (χ2n) is 4.19. The maximum Gasteiger partial charge on any atom is 0.323 e. The van der Waals surface area contributed by atoms with Crippen molar-refractivity contribution in [2.45, 2.75) is 25.3 Å². The lowest BCUT2D eigenvalue weighted by atomic mass is 10.1. The highest BCUT2D eigenvalue weighted by molar-refractivity contribution is 5.22. The molecule has 0 saturated carbocycles. The summed E-state index contributed by atoms with van der Waals surface area (Å²) in [6.07, 6.45) is 3.60. The lowest BCUT2D eigenvalue weighted by Crippen LogP contribution is -2.38.